The largest absolute Gasteiger partial charge is 0.338 e. The number of benzene rings is 4. The van der Waals surface area contributed by atoms with E-state index in [1.54, 1.807) is 30.3 Å². The molecule has 1 aliphatic heterocycles. The zero-order valence-corrected chi connectivity index (χ0v) is 31.4. The molecular weight excluding hydrogens is 804 g/mol. The normalized spacial score (nSPS) is 14.3. The second-order valence-electron chi connectivity index (χ2n) is 11.9. The third-order valence-electron chi connectivity index (χ3n) is 8.00. The van der Waals surface area contributed by atoms with E-state index < -0.39 is 67.5 Å². The molecule has 0 bridgehead atoms. The van der Waals surface area contributed by atoms with Gasteiger partial charge in [-0.3, -0.25) is 13.7 Å². The van der Waals surface area contributed by atoms with Gasteiger partial charge in [-0.25, -0.2) is 4.79 Å². The van der Waals surface area contributed by atoms with E-state index in [9.17, 15) is 43.7 Å². The summed E-state index contributed by atoms with van der Waals surface area (Å²) in [6, 6.07) is 14.6. The second-order valence-corrected chi connectivity index (χ2v) is 16.4. The Labute approximate surface area is 318 Å². The fourth-order valence-electron chi connectivity index (χ4n) is 5.35. The average Bonchev–Trinajstić information content (AvgIpc) is 3.09. The molecule has 20 nitrogen and oxygen atoms in total. The molecule has 1 aromatic heterocycles. The lowest BCUT2D eigenvalue weighted by Gasteiger charge is -2.32. The van der Waals surface area contributed by atoms with Crippen LogP contribution in [-0.4, -0.2) is 98.0 Å². The highest BCUT2D eigenvalue weighted by Gasteiger charge is 2.25. The molecule has 1 aliphatic rings. The first-order valence-corrected chi connectivity index (χ1v) is 20.4. The van der Waals surface area contributed by atoms with Gasteiger partial charge in [-0.1, -0.05) is 18.2 Å². The van der Waals surface area contributed by atoms with Crippen molar-refractivity contribution in [3.05, 3.63) is 78.1 Å². The molecule has 4 aromatic carbocycles. The molecule has 5 aromatic rings. The number of nitrogens with one attached hydrogen (secondary N) is 3. The van der Waals surface area contributed by atoms with Crippen LogP contribution in [0.3, 0.4) is 0 Å². The van der Waals surface area contributed by atoms with Gasteiger partial charge < -0.3 is 25.8 Å². The van der Waals surface area contributed by atoms with Crippen LogP contribution in [0.4, 0.5) is 45.1 Å². The van der Waals surface area contributed by atoms with Gasteiger partial charge in [0.1, 0.15) is 21.2 Å². The molecule has 0 saturated carbocycles. The first-order valence-electron chi connectivity index (χ1n) is 15.7. The third-order valence-corrected chi connectivity index (χ3v) is 10.8. The van der Waals surface area contributed by atoms with Gasteiger partial charge in [0.05, 0.1) is 10.6 Å². The molecule has 1 fully saturated rings. The summed E-state index contributed by atoms with van der Waals surface area (Å²) in [6.07, 6.45) is 0. The minimum atomic E-state index is -5.18. The molecule has 0 aliphatic carbocycles. The number of rotatable bonds is 10. The van der Waals surface area contributed by atoms with Gasteiger partial charge in [-0.2, -0.15) is 40.2 Å². The maximum Gasteiger partial charge on any atom is 0.323 e. The molecule has 288 valence electrons. The van der Waals surface area contributed by atoms with Crippen molar-refractivity contribution in [2.45, 2.75) is 14.7 Å². The summed E-state index contributed by atoms with van der Waals surface area (Å²) in [6.45, 7) is 2.87. The maximum atomic E-state index is 13.1. The van der Waals surface area contributed by atoms with Crippen LogP contribution in [0.1, 0.15) is 0 Å². The average molecular weight is 833 g/mol. The van der Waals surface area contributed by atoms with Crippen molar-refractivity contribution in [1.82, 2.24) is 19.9 Å². The van der Waals surface area contributed by atoms with Gasteiger partial charge in [0.25, 0.3) is 30.4 Å². The van der Waals surface area contributed by atoms with Crippen LogP contribution in [-0.2, 0) is 30.4 Å². The van der Waals surface area contributed by atoms with Gasteiger partial charge >= 0.3 is 6.03 Å². The highest BCUT2D eigenvalue weighted by molar-refractivity contribution is 7.87. The number of nitrogens with zero attached hydrogens (tertiary/aromatic N) is 7. The highest BCUT2D eigenvalue weighted by Crippen LogP contribution is 2.37. The molecule has 2 amide bonds. The summed E-state index contributed by atoms with van der Waals surface area (Å²) in [5.41, 5.74) is 0.00960. The summed E-state index contributed by atoms with van der Waals surface area (Å²) in [5.74, 6) is 0.418. The Bertz CT molecular complexity index is 2680. The molecular formula is C31H29ClN10O10S3. The molecule has 55 heavy (non-hydrogen) atoms. The minimum Gasteiger partial charge on any atom is -0.338 e. The lowest BCUT2D eigenvalue weighted by molar-refractivity contribution is 0.262. The number of urea groups is 1. The Balaban J connectivity index is 1.41. The molecule has 0 unspecified atom stereocenters. The quantitative estimate of drug-likeness (QED) is 0.0800. The van der Waals surface area contributed by atoms with Gasteiger partial charge in [0.15, 0.2) is 0 Å². The Morgan fingerprint density at radius 2 is 1.40 bits per heavy atom. The lowest BCUT2D eigenvalue weighted by Crippen LogP contribution is -2.45. The predicted molar refractivity (Wildman–Crippen MR) is 201 cm³/mol. The number of halogens is 1. The second kappa shape index (κ2) is 15.4. The zero-order chi connectivity index (χ0) is 39.7. The van der Waals surface area contributed by atoms with E-state index in [4.69, 9.17) is 11.6 Å². The van der Waals surface area contributed by atoms with E-state index in [1.165, 1.54) is 18.2 Å². The standard InChI is InChI=1S/C31H29ClN10O10S3/c1-41-9-11-42(12-10-41)30-37-28(32)36-29(38-30)33-20-7-8-23(24(15-20)35-31(43)34-19-5-3-2-4-6-19)39-40-25-17-22-18(14-27(25)55(50,51)52)13-21(53(44,45)46)16-26(22)54(47,48)49/h2-8,13-17H,9-12H2,1H3,(H2,34,35,43)(H,44,45,46)(H,47,48,49)(H,50,51,52)(H,33,36,37,38). The van der Waals surface area contributed by atoms with E-state index in [0.29, 0.717) is 42.5 Å². The summed E-state index contributed by atoms with van der Waals surface area (Å²) < 4.78 is 102. The van der Waals surface area contributed by atoms with E-state index in [0.717, 1.165) is 25.2 Å². The van der Waals surface area contributed by atoms with Crippen molar-refractivity contribution in [2.24, 2.45) is 10.2 Å². The van der Waals surface area contributed by atoms with Gasteiger partial charge in [-0.15, -0.1) is 10.2 Å². The number of carbonyl (C=O) groups excluding carboxylic acids is 1. The van der Waals surface area contributed by atoms with E-state index in [1.807, 2.05) is 11.9 Å². The van der Waals surface area contributed by atoms with E-state index in [-0.39, 0.29) is 22.6 Å². The number of piperazine rings is 1. The number of carbonyl (C=O) groups is 1. The minimum absolute atomic E-state index is 0.00719. The molecule has 0 radical (unpaired) electrons. The van der Waals surface area contributed by atoms with Crippen molar-refractivity contribution in [1.29, 1.82) is 0 Å². The Morgan fingerprint density at radius 3 is 2.05 bits per heavy atom. The third kappa shape index (κ3) is 9.65. The van der Waals surface area contributed by atoms with Crippen molar-refractivity contribution in [3.8, 4) is 0 Å². The van der Waals surface area contributed by atoms with Crippen LogP contribution in [0.5, 0.6) is 0 Å². The Morgan fingerprint density at radius 1 is 0.727 bits per heavy atom. The molecule has 2 heterocycles. The topological polar surface area (TPSA) is 286 Å². The molecule has 0 atom stereocenters. The zero-order valence-electron chi connectivity index (χ0n) is 28.2. The van der Waals surface area contributed by atoms with Crippen LogP contribution >= 0.6 is 11.6 Å². The molecule has 24 heteroatoms. The summed E-state index contributed by atoms with van der Waals surface area (Å²) in [7, 11) is -13.4. The summed E-state index contributed by atoms with van der Waals surface area (Å²) in [5, 5.41) is 15.3. The molecule has 6 N–H and O–H groups in total. The molecule has 0 spiro atoms. The van der Waals surface area contributed by atoms with Crippen molar-refractivity contribution in [2.75, 3.05) is 54.1 Å². The van der Waals surface area contributed by atoms with Crippen molar-refractivity contribution < 1.29 is 43.7 Å². The lowest BCUT2D eigenvalue weighted by atomic mass is 10.1. The fourth-order valence-corrected chi connectivity index (χ4v) is 7.50. The first-order chi connectivity index (χ1) is 25.8. The van der Waals surface area contributed by atoms with Crippen LogP contribution < -0.4 is 20.9 Å². The fraction of sp³-hybridized carbons (Fsp3) is 0.161. The van der Waals surface area contributed by atoms with Crippen LogP contribution in [0.15, 0.2) is 97.7 Å². The number of anilines is 5. The molecule has 1 saturated heterocycles. The van der Waals surface area contributed by atoms with Crippen molar-refractivity contribution >= 4 is 99.1 Å². The van der Waals surface area contributed by atoms with Crippen LogP contribution in [0, 0.1) is 0 Å². The van der Waals surface area contributed by atoms with Gasteiger partial charge in [0, 0.05) is 42.9 Å². The number of azo groups is 1. The predicted octanol–water partition coefficient (Wildman–Crippen LogP) is 4.97. The first kappa shape index (κ1) is 39.3. The highest BCUT2D eigenvalue weighted by atomic mass is 35.5. The van der Waals surface area contributed by atoms with E-state index in [2.05, 4.69) is 46.0 Å². The van der Waals surface area contributed by atoms with Gasteiger partial charge in [-0.05, 0) is 78.6 Å². The summed E-state index contributed by atoms with van der Waals surface area (Å²) >= 11 is 6.23. The van der Waals surface area contributed by atoms with E-state index >= 15 is 0 Å². The van der Waals surface area contributed by atoms with Gasteiger partial charge in [0.2, 0.25) is 17.2 Å². The number of para-hydroxylation sites is 1. The number of hydrogen-bond donors (Lipinski definition) is 6. The Kier molecular flexibility index (Phi) is 11.0. The number of fused-ring (bicyclic) bond motifs is 1. The number of amides is 2. The number of aromatic nitrogens is 3. The summed E-state index contributed by atoms with van der Waals surface area (Å²) in [4.78, 5) is 27.1. The Hall–Kier alpha value is -5.40. The van der Waals surface area contributed by atoms with Crippen LogP contribution in [0.2, 0.25) is 5.28 Å². The van der Waals surface area contributed by atoms with Crippen LogP contribution in [0.25, 0.3) is 10.8 Å². The molecule has 6 rings (SSSR count). The SMILES string of the molecule is CN1CCN(c2nc(Cl)nc(Nc3ccc(N=Nc4cc5c(S(=O)(=O)O)cc(S(=O)(=O)O)cc5cc4S(=O)(=O)O)c(NC(=O)Nc4ccccc4)c3)n2)CC1. The monoisotopic (exact) mass is 832 g/mol. The number of hydrogen-bond acceptors (Lipinski definition) is 15. The maximum absolute atomic E-state index is 13.1. The number of likely N-dealkylation sites (N-methyl/N-ethyl adjacent to an activating group) is 1. The van der Waals surface area contributed by atoms with Crippen molar-refractivity contribution in [3.63, 3.8) is 0 Å². The smallest absolute Gasteiger partial charge is 0.323 e.